The van der Waals surface area contributed by atoms with Crippen LogP contribution in [0.3, 0.4) is 0 Å². The smallest absolute Gasteiger partial charge is 0.277 e. The highest BCUT2D eigenvalue weighted by Crippen LogP contribution is 2.29. The number of fused-ring (bicyclic) bond motifs is 1. The molecule has 2 amide bonds. The summed E-state index contributed by atoms with van der Waals surface area (Å²) in [6.45, 7) is 2.20. The molecule has 1 aromatic carbocycles. The Labute approximate surface area is 201 Å². The predicted octanol–water partition coefficient (Wildman–Crippen LogP) is 1.92. The van der Waals surface area contributed by atoms with E-state index >= 15 is 0 Å². The van der Waals surface area contributed by atoms with Gasteiger partial charge >= 0.3 is 0 Å². The maximum Gasteiger partial charge on any atom is 0.277 e. The minimum Gasteiger partial charge on any atom is -0.493 e. The van der Waals surface area contributed by atoms with Gasteiger partial charge in [-0.25, -0.2) is 9.97 Å². The molecule has 2 aromatic heterocycles. The summed E-state index contributed by atoms with van der Waals surface area (Å²) in [6, 6.07) is 5.74. The molecule has 1 aliphatic heterocycles. The fourth-order valence-electron chi connectivity index (χ4n) is 3.66. The summed E-state index contributed by atoms with van der Waals surface area (Å²) in [4.78, 5) is 40.3. The topological polar surface area (TPSA) is 119 Å². The number of anilines is 1. The number of nitrogens with one attached hydrogen (secondary N) is 2. The van der Waals surface area contributed by atoms with Crippen LogP contribution in [0.2, 0.25) is 0 Å². The molecule has 34 heavy (non-hydrogen) atoms. The van der Waals surface area contributed by atoms with Crippen LogP contribution in [0.1, 0.15) is 26.6 Å². The van der Waals surface area contributed by atoms with Crippen molar-refractivity contribution in [3.8, 4) is 11.5 Å². The lowest BCUT2D eigenvalue weighted by Crippen LogP contribution is -2.40. The van der Waals surface area contributed by atoms with Crippen molar-refractivity contribution in [3.05, 3.63) is 58.6 Å². The fraction of sp³-hybridized carbons (Fsp3) is 0.348. The number of aromatic nitrogens is 3. The zero-order valence-electron chi connectivity index (χ0n) is 19.0. The third-order valence-corrected chi connectivity index (χ3v) is 6.38. The molecule has 2 N–H and O–H groups in total. The van der Waals surface area contributed by atoms with Gasteiger partial charge in [-0.3, -0.25) is 24.8 Å². The number of thiazole rings is 1. The van der Waals surface area contributed by atoms with Crippen LogP contribution in [-0.2, 0) is 24.2 Å². The Morgan fingerprint density at radius 2 is 2.03 bits per heavy atom. The minimum atomic E-state index is -0.343. The Bertz CT molecular complexity index is 1150. The van der Waals surface area contributed by atoms with Gasteiger partial charge in [0.25, 0.3) is 5.91 Å². The lowest BCUT2D eigenvalue weighted by atomic mass is 10.1. The van der Waals surface area contributed by atoms with E-state index < -0.39 is 0 Å². The molecule has 10 nitrogen and oxygen atoms in total. The molecule has 178 valence electrons. The first kappa shape index (κ1) is 23.6. The van der Waals surface area contributed by atoms with Crippen molar-refractivity contribution in [1.82, 2.24) is 25.2 Å². The van der Waals surface area contributed by atoms with Crippen LogP contribution < -0.4 is 20.1 Å². The van der Waals surface area contributed by atoms with Crippen LogP contribution >= 0.6 is 11.3 Å². The molecule has 0 saturated heterocycles. The van der Waals surface area contributed by atoms with Gasteiger partial charge in [0.2, 0.25) is 5.91 Å². The van der Waals surface area contributed by atoms with Crippen LogP contribution in [0.15, 0.2) is 36.8 Å². The third-order valence-electron chi connectivity index (χ3n) is 5.38. The van der Waals surface area contributed by atoms with Gasteiger partial charge in [-0.2, -0.15) is 0 Å². The Kier molecular flexibility index (Phi) is 7.65. The second-order valence-corrected chi connectivity index (χ2v) is 8.77. The van der Waals surface area contributed by atoms with Gasteiger partial charge in [-0.15, -0.1) is 11.3 Å². The van der Waals surface area contributed by atoms with Gasteiger partial charge < -0.3 is 14.8 Å². The Balaban J connectivity index is 1.25. The van der Waals surface area contributed by atoms with Crippen molar-refractivity contribution < 1.29 is 19.1 Å². The summed E-state index contributed by atoms with van der Waals surface area (Å²) in [5.74, 6) is 0.987. The molecule has 0 bridgehead atoms. The first-order chi connectivity index (χ1) is 16.6. The van der Waals surface area contributed by atoms with Crippen molar-refractivity contribution >= 4 is 28.3 Å². The first-order valence-corrected chi connectivity index (χ1v) is 11.6. The summed E-state index contributed by atoms with van der Waals surface area (Å²) >= 11 is 1.42. The summed E-state index contributed by atoms with van der Waals surface area (Å²) in [6.07, 6.45) is 5.82. The zero-order chi connectivity index (χ0) is 23.9. The van der Waals surface area contributed by atoms with Gasteiger partial charge in [0.15, 0.2) is 16.6 Å². The maximum absolute atomic E-state index is 12.5. The van der Waals surface area contributed by atoms with Crippen molar-refractivity contribution in [2.24, 2.45) is 0 Å². The summed E-state index contributed by atoms with van der Waals surface area (Å²) in [5, 5.41) is 6.29. The summed E-state index contributed by atoms with van der Waals surface area (Å²) < 4.78 is 10.6. The standard InChI is InChI=1S/C23H26N6O4S/c1-32-18-4-3-15(11-19(18)33-2)5-7-26-21(30)14-29-10-6-16-20(13-29)34-23(27-16)28-22(31)17-12-24-8-9-25-17/h3-4,8-9,11-12H,5-7,10,13-14H2,1-2H3,(H,26,30)(H,27,28,31). The van der Waals surface area contributed by atoms with Gasteiger partial charge in [0.05, 0.1) is 32.7 Å². The van der Waals surface area contributed by atoms with Crippen molar-refractivity contribution in [2.45, 2.75) is 19.4 Å². The van der Waals surface area contributed by atoms with Crippen molar-refractivity contribution in [2.75, 3.05) is 39.2 Å². The fourth-order valence-corrected chi connectivity index (χ4v) is 4.70. The molecule has 3 aromatic rings. The number of amides is 2. The molecule has 0 atom stereocenters. The number of rotatable bonds is 9. The summed E-state index contributed by atoms with van der Waals surface area (Å²) in [7, 11) is 3.20. The first-order valence-electron chi connectivity index (χ1n) is 10.8. The van der Waals surface area contributed by atoms with E-state index in [0.717, 1.165) is 29.1 Å². The van der Waals surface area contributed by atoms with E-state index in [1.54, 1.807) is 14.2 Å². The van der Waals surface area contributed by atoms with Gasteiger partial charge in [-0.05, 0) is 24.1 Å². The van der Waals surface area contributed by atoms with Crippen molar-refractivity contribution in [3.63, 3.8) is 0 Å². The number of ether oxygens (including phenoxy) is 2. The number of methoxy groups -OCH3 is 2. The maximum atomic E-state index is 12.5. The molecule has 1 aliphatic rings. The molecule has 4 rings (SSSR count). The van der Waals surface area contributed by atoms with Crippen LogP contribution in [0, 0.1) is 0 Å². The molecular formula is C23H26N6O4S. The highest BCUT2D eigenvalue weighted by molar-refractivity contribution is 7.15. The minimum absolute atomic E-state index is 0.0235. The van der Waals surface area contributed by atoms with E-state index in [4.69, 9.17) is 9.47 Å². The number of benzene rings is 1. The highest BCUT2D eigenvalue weighted by atomic mass is 32.1. The molecule has 0 unspecified atom stereocenters. The Hall–Kier alpha value is -3.57. The lowest BCUT2D eigenvalue weighted by molar-refractivity contribution is -0.122. The van der Waals surface area contributed by atoms with E-state index in [9.17, 15) is 9.59 Å². The van der Waals surface area contributed by atoms with Gasteiger partial charge in [-0.1, -0.05) is 6.07 Å². The zero-order valence-corrected chi connectivity index (χ0v) is 19.9. The number of carbonyl (C=O) groups is 2. The monoisotopic (exact) mass is 482 g/mol. The molecule has 11 heteroatoms. The molecule has 0 aliphatic carbocycles. The van der Waals surface area contributed by atoms with Crippen LogP contribution in [0.4, 0.5) is 5.13 Å². The Morgan fingerprint density at radius 3 is 2.79 bits per heavy atom. The lowest BCUT2D eigenvalue weighted by Gasteiger charge is -2.25. The number of nitrogens with zero attached hydrogens (tertiary/aromatic N) is 4. The van der Waals surface area contributed by atoms with Crippen LogP contribution in [0.25, 0.3) is 0 Å². The molecule has 3 heterocycles. The van der Waals surface area contributed by atoms with Gasteiger partial charge in [0.1, 0.15) is 5.69 Å². The quantitative estimate of drug-likeness (QED) is 0.475. The SMILES string of the molecule is COc1ccc(CCNC(=O)CN2CCc3nc(NC(=O)c4cnccn4)sc3C2)cc1OC. The van der Waals surface area contributed by atoms with E-state index in [1.165, 1.54) is 29.9 Å². The number of hydrogen-bond donors (Lipinski definition) is 2. The van der Waals surface area contributed by atoms with Crippen molar-refractivity contribution in [1.29, 1.82) is 0 Å². The Morgan fingerprint density at radius 1 is 1.18 bits per heavy atom. The summed E-state index contributed by atoms with van der Waals surface area (Å²) in [5.41, 5.74) is 2.26. The average Bonchev–Trinajstić information content (AvgIpc) is 3.25. The third kappa shape index (κ3) is 5.86. The average molecular weight is 483 g/mol. The van der Waals surface area contributed by atoms with E-state index in [1.807, 2.05) is 18.2 Å². The molecule has 0 saturated carbocycles. The number of hydrogen-bond acceptors (Lipinski definition) is 9. The highest BCUT2D eigenvalue weighted by Gasteiger charge is 2.23. The normalized spacial score (nSPS) is 13.1. The predicted molar refractivity (Wildman–Crippen MR) is 127 cm³/mol. The molecular weight excluding hydrogens is 456 g/mol. The second-order valence-electron chi connectivity index (χ2n) is 7.68. The van der Waals surface area contributed by atoms with E-state index in [-0.39, 0.29) is 17.5 Å². The second kappa shape index (κ2) is 11.0. The molecule has 0 spiro atoms. The van der Waals surface area contributed by atoms with Crippen LogP contribution in [-0.4, -0.2) is 65.5 Å². The van der Waals surface area contributed by atoms with E-state index in [0.29, 0.717) is 42.7 Å². The molecule has 0 fully saturated rings. The molecule has 0 radical (unpaired) electrons. The largest absolute Gasteiger partial charge is 0.493 e. The van der Waals surface area contributed by atoms with E-state index in [2.05, 4.69) is 30.5 Å². The van der Waals surface area contributed by atoms with Gasteiger partial charge in [0, 0.05) is 43.3 Å². The van der Waals surface area contributed by atoms with Crippen LogP contribution in [0.5, 0.6) is 11.5 Å². The number of carbonyl (C=O) groups excluding carboxylic acids is 2.